The van der Waals surface area contributed by atoms with E-state index in [9.17, 15) is 18.0 Å². The number of hydrogen-bond donors (Lipinski definition) is 0. The summed E-state index contributed by atoms with van der Waals surface area (Å²) >= 11 is 3.15. The third kappa shape index (κ3) is 4.03. The molecular weight excluding hydrogens is 299 g/mol. The molecule has 6 heteroatoms. The average molecular weight is 310 g/mol. The van der Waals surface area contributed by atoms with Crippen molar-refractivity contribution in [2.45, 2.75) is 13.1 Å². The standard InChI is InChI=1S/C11H11BrF3NO/c1-2-16(7-11(13,14)15)10(17)8-5-3-4-6-9(8)12/h3-6H,2,7H2,1H3. The van der Waals surface area contributed by atoms with Gasteiger partial charge in [0.15, 0.2) is 0 Å². The summed E-state index contributed by atoms with van der Waals surface area (Å²) in [7, 11) is 0. The summed E-state index contributed by atoms with van der Waals surface area (Å²) < 4.78 is 37.3. The number of carbonyl (C=O) groups is 1. The average Bonchev–Trinajstić information content (AvgIpc) is 2.24. The van der Waals surface area contributed by atoms with Gasteiger partial charge in [-0.3, -0.25) is 4.79 Å². The van der Waals surface area contributed by atoms with Gasteiger partial charge in [-0.2, -0.15) is 13.2 Å². The Kier molecular flexibility index (Phi) is 4.56. The summed E-state index contributed by atoms with van der Waals surface area (Å²) in [5, 5.41) is 0. The van der Waals surface area contributed by atoms with Crippen LogP contribution in [0.5, 0.6) is 0 Å². The molecule has 0 unspecified atom stereocenters. The highest BCUT2D eigenvalue weighted by Gasteiger charge is 2.32. The summed E-state index contributed by atoms with van der Waals surface area (Å²) in [6, 6.07) is 6.42. The number of benzene rings is 1. The zero-order valence-corrected chi connectivity index (χ0v) is 10.7. The first-order chi connectivity index (χ1) is 7.85. The van der Waals surface area contributed by atoms with Crippen molar-refractivity contribution in [2.24, 2.45) is 0 Å². The van der Waals surface area contributed by atoms with Crippen LogP contribution in [0.25, 0.3) is 0 Å². The number of halogens is 4. The van der Waals surface area contributed by atoms with Crippen LogP contribution in [-0.4, -0.2) is 30.1 Å². The lowest BCUT2D eigenvalue weighted by molar-refractivity contribution is -0.140. The van der Waals surface area contributed by atoms with Crippen molar-refractivity contribution in [3.8, 4) is 0 Å². The van der Waals surface area contributed by atoms with E-state index in [-0.39, 0.29) is 12.1 Å². The maximum absolute atomic E-state index is 12.3. The number of amides is 1. The van der Waals surface area contributed by atoms with E-state index in [1.54, 1.807) is 18.2 Å². The lowest BCUT2D eigenvalue weighted by Gasteiger charge is -2.22. The van der Waals surface area contributed by atoms with Crippen LogP contribution < -0.4 is 0 Å². The van der Waals surface area contributed by atoms with Crippen molar-refractivity contribution >= 4 is 21.8 Å². The van der Waals surface area contributed by atoms with E-state index in [0.717, 1.165) is 4.90 Å². The maximum Gasteiger partial charge on any atom is 0.406 e. The van der Waals surface area contributed by atoms with Crippen LogP contribution in [0.3, 0.4) is 0 Å². The van der Waals surface area contributed by atoms with Crippen LogP contribution in [0.4, 0.5) is 13.2 Å². The largest absolute Gasteiger partial charge is 0.406 e. The molecule has 1 aromatic rings. The third-order valence-electron chi connectivity index (χ3n) is 2.14. The fourth-order valence-electron chi connectivity index (χ4n) is 1.35. The molecule has 0 saturated carbocycles. The molecule has 0 saturated heterocycles. The van der Waals surface area contributed by atoms with Crippen molar-refractivity contribution in [3.05, 3.63) is 34.3 Å². The van der Waals surface area contributed by atoms with Crippen molar-refractivity contribution < 1.29 is 18.0 Å². The molecule has 94 valence electrons. The molecule has 0 N–H and O–H groups in total. The van der Waals surface area contributed by atoms with Crippen LogP contribution in [0.1, 0.15) is 17.3 Å². The van der Waals surface area contributed by atoms with Gasteiger partial charge >= 0.3 is 6.18 Å². The van der Waals surface area contributed by atoms with Gasteiger partial charge in [-0.25, -0.2) is 0 Å². The van der Waals surface area contributed by atoms with Gasteiger partial charge in [0.1, 0.15) is 6.54 Å². The smallest absolute Gasteiger partial charge is 0.330 e. The van der Waals surface area contributed by atoms with Crippen LogP contribution in [0, 0.1) is 0 Å². The first-order valence-corrected chi connectivity index (χ1v) is 5.75. The Morgan fingerprint density at radius 3 is 2.41 bits per heavy atom. The Labute approximate surface area is 106 Å². The van der Waals surface area contributed by atoms with E-state index < -0.39 is 18.6 Å². The zero-order chi connectivity index (χ0) is 13.1. The third-order valence-corrected chi connectivity index (χ3v) is 2.83. The normalized spacial score (nSPS) is 11.4. The fourth-order valence-corrected chi connectivity index (χ4v) is 1.80. The van der Waals surface area contributed by atoms with Gasteiger partial charge < -0.3 is 4.90 Å². The van der Waals surface area contributed by atoms with Crippen molar-refractivity contribution in [1.29, 1.82) is 0 Å². The minimum Gasteiger partial charge on any atom is -0.330 e. The molecule has 2 nitrogen and oxygen atoms in total. The monoisotopic (exact) mass is 309 g/mol. The number of rotatable bonds is 3. The molecule has 0 atom stereocenters. The second kappa shape index (κ2) is 5.53. The van der Waals surface area contributed by atoms with Gasteiger partial charge in [0.05, 0.1) is 5.56 Å². The second-order valence-corrected chi connectivity index (χ2v) is 4.27. The Balaban J connectivity index is 2.91. The minimum absolute atomic E-state index is 0.0136. The van der Waals surface area contributed by atoms with Crippen molar-refractivity contribution in [3.63, 3.8) is 0 Å². The lowest BCUT2D eigenvalue weighted by atomic mass is 10.2. The van der Waals surface area contributed by atoms with Crippen LogP contribution in [0.15, 0.2) is 28.7 Å². The van der Waals surface area contributed by atoms with Gasteiger partial charge in [0.25, 0.3) is 5.91 Å². The first-order valence-electron chi connectivity index (χ1n) is 4.95. The van der Waals surface area contributed by atoms with Crippen molar-refractivity contribution in [2.75, 3.05) is 13.1 Å². The van der Waals surface area contributed by atoms with Crippen LogP contribution >= 0.6 is 15.9 Å². The van der Waals surface area contributed by atoms with E-state index >= 15 is 0 Å². The Bertz CT molecular complexity index is 406. The quantitative estimate of drug-likeness (QED) is 0.837. The van der Waals surface area contributed by atoms with Crippen molar-refractivity contribution in [1.82, 2.24) is 4.90 Å². The molecular formula is C11H11BrF3NO. The van der Waals surface area contributed by atoms with Gasteiger partial charge in [-0.15, -0.1) is 0 Å². The predicted molar refractivity (Wildman–Crippen MR) is 61.8 cm³/mol. The van der Waals surface area contributed by atoms with Gasteiger partial charge in [0.2, 0.25) is 0 Å². The molecule has 0 aliphatic rings. The summed E-state index contributed by atoms with van der Waals surface area (Å²) in [6.07, 6.45) is -4.38. The van der Waals surface area contributed by atoms with E-state index in [4.69, 9.17) is 0 Å². The second-order valence-electron chi connectivity index (χ2n) is 3.41. The Morgan fingerprint density at radius 1 is 1.35 bits per heavy atom. The van der Waals surface area contributed by atoms with E-state index in [0.29, 0.717) is 4.47 Å². The molecule has 0 fully saturated rings. The highest BCUT2D eigenvalue weighted by atomic mass is 79.9. The fraction of sp³-hybridized carbons (Fsp3) is 0.364. The molecule has 0 radical (unpaired) electrons. The topological polar surface area (TPSA) is 20.3 Å². The molecule has 0 aliphatic heterocycles. The Morgan fingerprint density at radius 2 is 1.94 bits per heavy atom. The number of carbonyl (C=O) groups excluding carboxylic acids is 1. The molecule has 1 rings (SSSR count). The van der Waals surface area contributed by atoms with Crippen LogP contribution in [0.2, 0.25) is 0 Å². The first kappa shape index (κ1) is 14.0. The number of alkyl halides is 3. The molecule has 0 spiro atoms. The van der Waals surface area contributed by atoms with E-state index in [1.807, 2.05) is 0 Å². The molecule has 1 amide bonds. The summed E-state index contributed by atoms with van der Waals surface area (Å²) in [4.78, 5) is 12.6. The maximum atomic E-state index is 12.3. The highest BCUT2D eigenvalue weighted by Crippen LogP contribution is 2.21. The molecule has 0 bridgehead atoms. The zero-order valence-electron chi connectivity index (χ0n) is 9.09. The Hall–Kier alpha value is -1.04. The molecule has 0 heterocycles. The summed E-state index contributed by atoms with van der Waals surface area (Å²) in [5.41, 5.74) is 0.235. The van der Waals surface area contributed by atoms with Gasteiger partial charge in [-0.05, 0) is 35.0 Å². The number of nitrogens with zero attached hydrogens (tertiary/aromatic N) is 1. The molecule has 17 heavy (non-hydrogen) atoms. The predicted octanol–water partition coefficient (Wildman–Crippen LogP) is 3.47. The van der Waals surface area contributed by atoms with Gasteiger partial charge in [0, 0.05) is 11.0 Å². The van der Waals surface area contributed by atoms with E-state index in [1.165, 1.54) is 13.0 Å². The number of hydrogen-bond acceptors (Lipinski definition) is 1. The van der Waals surface area contributed by atoms with Gasteiger partial charge in [-0.1, -0.05) is 12.1 Å². The lowest BCUT2D eigenvalue weighted by Crippen LogP contribution is -2.38. The van der Waals surface area contributed by atoms with Crippen LogP contribution in [-0.2, 0) is 0 Å². The highest BCUT2D eigenvalue weighted by molar-refractivity contribution is 9.10. The summed E-state index contributed by atoms with van der Waals surface area (Å²) in [5.74, 6) is -0.628. The van der Waals surface area contributed by atoms with E-state index in [2.05, 4.69) is 15.9 Å². The summed E-state index contributed by atoms with van der Waals surface area (Å²) in [6.45, 7) is 0.295. The molecule has 0 aliphatic carbocycles. The molecule has 0 aromatic heterocycles. The minimum atomic E-state index is -4.38. The molecule has 1 aromatic carbocycles. The SMILES string of the molecule is CCN(CC(F)(F)F)C(=O)c1ccccc1Br.